The Morgan fingerprint density at radius 1 is 1.06 bits per heavy atom. The maximum atomic E-state index is 12.8. The average Bonchev–Trinajstić information content (AvgIpc) is 3.26. The number of benzene rings is 2. The minimum Gasteiger partial charge on any atom is -0.486 e. The van der Waals surface area contributed by atoms with Gasteiger partial charge in [0.25, 0.3) is 5.91 Å². The van der Waals surface area contributed by atoms with E-state index in [9.17, 15) is 4.79 Å². The number of amides is 1. The zero-order valence-electron chi connectivity index (χ0n) is 18.6. The molecular weight excluding hydrogens is 434 g/mol. The third-order valence-corrected chi connectivity index (χ3v) is 5.44. The molecule has 4 aromatic rings. The van der Waals surface area contributed by atoms with E-state index >= 15 is 0 Å². The van der Waals surface area contributed by atoms with Crippen LogP contribution in [0.25, 0.3) is 11.5 Å². The highest BCUT2D eigenvalue weighted by molar-refractivity contribution is 5.95. The molecule has 2 aromatic heterocycles. The van der Waals surface area contributed by atoms with Crippen LogP contribution in [0.5, 0.6) is 11.5 Å². The van der Waals surface area contributed by atoms with Gasteiger partial charge in [-0.05, 0) is 30.3 Å². The van der Waals surface area contributed by atoms with E-state index in [0.29, 0.717) is 54.9 Å². The second-order valence-electron chi connectivity index (χ2n) is 7.65. The summed E-state index contributed by atoms with van der Waals surface area (Å²) >= 11 is 0. The average molecular weight is 457 g/mol. The molecule has 34 heavy (non-hydrogen) atoms. The standard InChI is InChI=1S/C24H23N7O3/c1-31-21(29-30-23(31)19-8-9-25-15-28-19)14-26-18-6-2-4-16(12-18)24(32)27-13-17-5-3-7-20-22(17)34-11-10-33-20/h2-9,12,15,26H,10-11,13-14H2,1H3,(H,27,32). The van der Waals surface area contributed by atoms with Crippen molar-refractivity contribution in [3.8, 4) is 23.0 Å². The Balaban J connectivity index is 1.22. The van der Waals surface area contributed by atoms with Gasteiger partial charge < -0.3 is 24.7 Å². The molecule has 0 radical (unpaired) electrons. The van der Waals surface area contributed by atoms with Crippen molar-refractivity contribution in [1.29, 1.82) is 0 Å². The summed E-state index contributed by atoms with van der Waals surface area (Å²) in [6.07, 6.45) is 3.14. The van der Waals surface area contributed by atoms with Crippen LogP contribution >= 0.6 is 0 Å². The fourth-order valence-corrected chi connectivity index (χ4v) is 3.66. The van der Waals surface area contributed by atoms with Gasteiger partial charge >= 0.3 is 0 Å². The molecule has 0 unspecified atom stereocenters. The van der Waals surface area contributed by atoms with Crippen molar-refractivity contribution in [1.82, 2.24) is 30.0 Å². The number of rotatable bonds is 7. The number of nitrogens with one attached hydrogen (secondary N) is 2. The van der Waals surface area contributed by atoms with Crippen molar-refractivity contribution in [2.24, 2.45) is 7.05 Å². The van der Waals surface area contributed by atoms with Gasteiger partial charge in [-0.15, -0.1) is 10.2 Å². The Bertz CT molecular complexity index is 1310. The number of fused-ring (bicyclic) bond motifs is 1. The van der Waals surface area contributed by atoms with Crippen molar-refractivity contribution in [3.63, 3.8) is 0 Å². The summed E-state index contributed by atoms with van der Waals surface area (Å²) in [5.41, 5.74) is 2.92. The molecule has 0 atom stereocenters. The lowest BCUT2D eigenvalue weighted by atomic mass is 10.1. The zero-order chi connectivity index (χ0) is 23.3. The summed E-state index contributed by atoms with van der Waals surface area (Å²) in [7, 11) is 1.88. The summed E-state index contributed by atoms with van der Waals surface area (Å²) in [5.74, 6) is 2.61. The van der Waals surface area contributed by atoms with Crippen LogP contribution in [0.15, 0.2) is 61.1 Å². The molecule has 10 heteroatoms. The van der Waals surface area contributed by atoms with E-state index in [1.54, 1.807) is 24.4 Å². The predicted molar refractivity (Wildman–Crippen MR) is 124 cm³/mol. The molecule has 1 aliphatic heterocycles. The minimum absolute atomic E-state index is 0.178. The van der Waals surface area contributed by atoms with Gasteiger partial charge in [0.15, 0.2) is 23.1 Å². The number of carbonyl (C=O) groups excluding carboxylic acids is 1. The maximum absolute atomic E-state index is 12.8. The molecule has 0 fully saturated rings. The van der Waals surface area contributed by atoms with Crippen LogP contribution < -0.4 is 20.1 Å². The summed E-state index contributed by atoms with van der Waals surface area (Å²) in [6.45, 7) is 1.80. The second-order valence-corrected chi connectivity index (χ2v) is 7.65. The van der Waals surface area contributed by atoms with E-state index in [0.717, 1.165) is 17.1 Å². The van der Waals surface area contributed by atoms with Gasteiger partial charge in [-0.2, -0.15) is 0 Å². The van der Waals surface area contributed by atoms with Crippen LogP contribution in [-0.2, 0) is 20.1 Å². The molecule has 0 saturated carbocycles. The summed E-state index contributed by atoms with van der Waals surface area (Å²) in [6, 6.07) is 14.8. The van der Waals surface area contributed by atoms with Crippen LogP contribution in [0.2, 0.25) is 0 Å². The molecule has 1 aliphatic rings. The molecule has 0 aliphatic carbocycles. The van der Waals surface area contributed by atoms with Gasteiger partial charge in [0.2, 0.25) is 0 Å². The van der Waals surface area contributed by atoms with Crippen LogP contribution in [0.4, 0.5) is 5.69 Å². The number of ether oxygens (including phenoxy) is 2. The first-order chi connectivity index (χ1) is 16.7. The van der Waals surface area contributed by atoms with Crippen LogP contribution in [0.1, 0.15) is 21.7 Å². The van der Waals surface area contributed by atoms with Crippen molar-refractivity contribution < 1.29 is 14.3 Å². The Morgan fingerprint density at radius 3 is 2.82 bits per heavy atom. The fraction of sp³-hybridized carbons (Fsp3) is 0.208. The molecule has 3 heterocycles. The van der Waals surface area contributed by atoms with Gasteiger partial charge in [0, 0.05) is 36.6 Å². The Labute approximate surface area is 196 Å². The Kier molecular flexibility index (Phi) is 6.02. The lowest BCUT2D eigenvalue weighted by Gasteiger charge is -2.21. The van der Waals surface area contributed by atoms with Gasteiger partial charge in [-0.3, -0.25) is 4.79 Å². The molecule has 0 bridgehead atoms. The number of anilines is 1. The third-order valence-electron chi connectivity index (χ3n) is 5.44. The number of carbonyl (C=O) groups is 1. The third kappa shape index (κ3) is 4.51. The SMILES string of the molecule is Cn1c(CNc2cccc(C(=O)NCc3cccc4c3OCCO4)c2)nnc1-c1ccncn1. The summed E-state index contributed by atoms with van der Waals surface area (Å²) in [5, 5.41) is 14.7. The zero-order valence-corrected chi connectivity index (χ0v) is 18.6. The van der Waals surface area contributed by atoms with Crippen LogP contribution in [-0.4, -0.2) is 43.9 Å². The molecule has 2 N–H and O–H groups in total. The van der Waals surface area contributed by atoms with Gasteiger partial charge in [0.05, 0.1) is 6.54 Å². The Morgan fingerprint density at radius 2 is 1.94 bits per heavy atom. The lowest BCUT2D eigenvalue weighted by molar-refractivity contribution is 0.0950. The molecule has 5 rings (SSSR count). The highest BCUT2D eigenvalue weighted by atomic mass is 16.6. The highest BCUT2D eigenvalue weighted by Gasteiger charge is 2.16. The summed E-state index contributed by atoms with van der Waals surface area (Å²) < 4.78 is 13.2. The van der Waals surface area contributed by atoms with Crippen molar-refractivity contribution in [3.05, 3.63) is 78.0 Å². The van der Waals surface area contributed by atoms with Crippen molar-refractivity contribution in [2.45, 2.75) is 13.1 Å². The maximum Gasteiger partial charge on any atom is 0.251 e. The van der Waals surface area contributed by atoms with Crippen molar-refractivity contribution >= 4 is 11.6 Å². The van der Waals surface area contributed by atoms with E-state index < -0.39 is 0 Å². The molecule has 172 valence electrons. The topological polar surface area (TPSA) is 116 Å². The molecule has 0 saturated heterocycles. The van der Waals surface area contributed by atoms with E-state index in [-0.39, 0.29) is 5.91 Å². The molecule has 10 nitrogen and oxygen atoms in total. The smallest absolute Gasteiger partial charge is 0.251 e. The fourth-order valence-electron chi connectivity index (χ4n) is 3.66. The molecule has 2 aromatic carbocycles. The highest BCUT2D eigenvalue weighted by Crippen LogP contribution is 2.33. The van der Waals surface area contributed by atoms with Crippen LogP contribution in [0.3, 0.4) is 0 Å². The number of hydrogen-bond donors (Lipinski definition) is 2. The predicted octanol–water partition coefficient (Wildman–Crippen LogP) is 2.59. The van der Waals surface area contributed by atoms with Gasteiger partial charge in [-0.1, -0.05) is 18.2 Å². The second kappa shape index (κ2) is 9.57. The van der Waals surface area contributed by atoms with Crippen LogP contribution in [0, 0.1) is 0 Å². The normalized spacial score (nSPS) is 12.3. The minimum atomic E-state index is -0.178. The van der Waals surface area contributed by atoms with Gasteiger partial charge in [0.1, 0.15) is 25.2 Å². The summed E-state index contributed by atoms with van der Waals surface area (Å²) in [4.78, 5) is 20.9. The largest absolute Gasteiger partial charge is 0.486 e. The number of nitrogens with zero attached hydrogens (tertiary/aromatic N) is 5. The first-order valence-corrected chi connectivity index (χ1v) is 10.8. The molecular formula is C24H23N7O3. The Hall–Kier alpha value is -4.47. The van der Waals surface area contributed by atoms with E-state index in [1.807, 2.05) is 41.9 Å². The number of aromatic nitrogens is 5. The van der Waals surface area contributed by atoms with E-state index in [1.165, 1.54) is 6.33 Å². The lowest BCUT2D eigenvalue weighted by Crippen LogP contribution is -2.24. The number of para-hydroxylation sites is 1. The van der Waals surface area contributed by atoms with E-state index in [4.69, 9.17) is 9.47 Å². The van der Waals surface area contributed by atoms with Gasteiger partial charge in [-0.25, -0.2) is 9.97 Å². The quantitative estimate of drug-likeness (QED) is 0.435. The first-order valence-electron chi connectivity index (χ1n) is 10.8. The first kappa shape index (κ1) is 21.4. The van der Waals surface area contributed by atoms with Crippen molar-refractivity contribution in [2.75, 3.05) is 18.5 Å². The molecule has 1 amide bonds. The molecule has 0 spiro atoms. The van der Waals surface area contributed by atoms with E-state index in [2.05, 4.69) is 30.8 Å². The number of hydrogen-bond acceptors (Lipinski definition) is 8. The monoisotopic (exact) mass is 457 g/mol.